The molecule has 0 atom stereocenters. The second-order valence-electron chi connectivity index (χ2n) is 6.22. The molecule has 0 unspecified atom stereocenters. The minimum absolute atomic E-state index is 0.197. The number of para-hydroxylation sites is 1. The quantitative estimate of drug-likeness (QED) is 0.647. The monoisotopic (exact) mass is 391 g/mol. The number of ether oxygens (including phenoxy) is 2. The second-order valence-corrected chi connectivity index (χ2v) is 6.63. The number of methoxy groups -OCH3 is 1. The van der Waals surface area contributed by atoms with E-state index >= 15 is 0 Å². The van der Waals surface area contributed by atoms with Crippen molar-refractivity contribution in [3.8, 4) is 5.75 Å². The minimum atomic E-state index is -0.378. The normalized spacial score (nSPS) is 11.3. The number of hydrogen-bond acceptors (Lipinski definition) is 4. The van der Waals surface area contributed by atoms with E-state index in [1.807, 2.05) is 23.6 Å². The van der Waals surface area contributed by atoms with Gasteiger partial charge in [0.15, 0.2) is 0 Å². The summed E-state index contributed by atoms with van der Waals surface area (Å²) in [6.45, 7) is 2.95. The minimum Gasteiger partial charge on any atom is -0.486 e. The fourth-order valence-corrected chi connectivity index (χ4v) is 3.56. The number of rotatable bonds is 6. The molecule has 7 nitrogen and oxygen atoms in total. The molecule has 0 aliphatic rings. The molecule has 2 heterocycles. The Labute approximate surface area is 161 Å². The van der Waals surface area contributed by atoms with Crippen LogP contribution in [-0.2, 0) is 38.6 Å². The summed E-state index contributed by atoms with van der Waals surface area (Å²) in [5.74, 6) is 0.553. The van der Waals surface area contributed by atoms with E-state index in [-0.39, 0.29) is 24.5 Å². The maximum absolute atomic E-state index is 12.8. The van der Waals surface area contributed by atoms with Crippen LogP contribution < -0.4 is 16.0 Å². The van der Waals surface area contributed by atoms with Crippen LogP contribution in [-0.4, -0.2) is 20.8 Å². The van der Waals surface area contributed by atoms with Crippen molar-refractivity contribution >= 4 is 22.6 Å². The van der Waals surface area contributed by atoms with Crippen molar-refractivity contribution in [3.05, 3.63) is 61.4 Å². The van der Waals surface area contributed by atoms with Gasteiger partial charge in [0, 0.05) is 33.3 Å². The molecule has 0 saturated carbocycles. The van der Waals surface area contributed by atoms with Gasteiger partial charge in [-0.2, -0.15) is 0 Å². The molecule has 0 spiro atoms. The van der Waals surface area contributed by atoms with Gasteiger partial charge < -0.3 is 14.0 Å². The molecule has 0 saturated heterocycles. The molecule has 0 radical (unpaired) electrons. The van der Waals surface area contributed by atoms with Crippen molar-refractivity contribution in [1.29, 1.82) is 0 Å². The number of fused-ring (bicyclic) bond motifs is 1. The van der Waals surface area contributed by atoms with E-state index in [4.69, 9.17) is 21.1 Å². The van der Waals surface area contributed by atoms with Crippen LogP contribution in [0.15, 0.2) is 33.9 Å². The summed E-state index contributed by atoms with van der Waals surface area (Å²) in [4.78, 5) is 25.2. The molecule has 8 heteroatoms. The molecule has 2 aromatic heterocycles. The number of aromatic nitrogens is 3. The van der Waals surface area contributed by atoms with Gasteiger partial charge in [-0.15, -0.1) is 0 Å². The Kier molecular flexibility index (Phi) is 5.43. The molecule has 0 N–H and O–H groups in total. The van der Waals surface area contributed by atoms with Gasteiger partial charge in [0.2, 0.25) is 0 Å². The molecule has 0 bridgehead atoms. The summed E-state index contributed by atoms with van der Waals surface area (Å²) >= 11 is 6.18. The molecule has 3 rings (SSSR count). The van der Waals surface area contributed by atoms with Crippen LogP contribution in [0.25, 0.3) is 11.0 Å². The Morgan fingerprint density at radius 1 is 1.04 bits per heavy atom. The summed E-state index contributed by atoms with van der Waals surface area (Å²) in [7, 11) is 4.71. The van der Waals surface area contributed by atoms with E-state index in [9.17, 15) is 9.59 Å². The Hall–Kier alpha value is -2.51. The average Bonchev–Trinajstić information content (AvgIpc) is 2.97. The van der Waals surface area contributed by atoms with Gasteiger partial charge in [0.1, 0.15) is 17.9 Å². The lowest BCUT2D eigenvalue weighted by Crippen LogP contribution is -2.37. The van der Waals surface area contributed by atoms with Crippen molar-refractivity contribution in [2.45, 2.75) is 26.7 Å². The highest BCUT2D eigenvalue weighted by atomic mass is 35.5. The van der Waals surface area contributed by atoms with E-state index in [1.54, 1.807) is 26.3 Å². The molecule has 144 valence electrons. The first-order valence-electron chi connectivity index (χ1n) is 8.58. The number of aryl methyl sites for hydroxylation is 2. The van der Waals surface area contributed by atoms with Crippen molar-refractivity contribution in [3.63, 3.8) is 0 Å². The number of hydrogen-bond donors (Lipinski definition) is 0. The van der Waals surface area contributed by atoms with Gasteiger partial charge >= 0.3 is 5.69 Å². The molecule has 3 aromatic rings. The third-order valence-electron chi connectivity index (χ3n) is 4.68. The molecule has 0 fully saturated rings. The largest absolute Gasteiger partial charge is 0.486 e. The Balaban J connectivity index is 2.25. The molecule has 0 amide bonds. The Bertz CT molecular complexity index is 1110. The van der Waals surface area contributed by atoms with Crippen LogP contribution in [0.3, 0.4) is 0 Å². The van der Waals surface area contributed by atoms with Crippen LogP contribution in [0.2, 0.25) is 5.02 Å². The first kappa shape index (κ1) is 19.3. The highest BCUT2D eigenvalue weighted by Crippen LogP contribution is 2.28. The Morgan fingerprint density at radius 3 is 2.37 bits per heavy atom. The van der Waals surface area contributed by atoms with E-state index < -0.39 is 0 Å². The molecular formula is C19H22ClN3O4. The van der Waals surface area contributed by atoms with Crippen molar-refractivity contribution < 1.29 is 9.47 Å². The van der Waals surface area contributed by atoms with Crippen LogP contribution in [0, 0.1) is 0 Å². The third kappa shape index (κ3) is 3.17. The molecule has 27 heavy (non-hydrogen) atoms. The molecule has 0 aliphatic carbocycles. The average molecular weight is 392 g/mol. The van der Waals surface area contributed by atoms with Gasteiger partial charge in [-0.1, -0.05) is 23.7 Å². The standard InChI is InChI=1S/C19H22ClN3O4/c1-5-23-14(11-27-15-9-7-6-8-13(15)20)12(10-26-4)16-17(23)18(24)22(3)19(25)21(16)2/h6-9H,5,10-11H2,1-4H3. The van der Waals surface area contributed by atoms with Crippen LogP contribution in [0.1, 0.15) is 18.2 Å². The number of halogens is 1. The zero-order chi connectivity index (χ0) is 19.7. The van der Waals surface area contributed by atoms with E-state index in [1.165, 1.54) is 11.6 Å². The van der Waals surface area contributed by atoms with Gasteiger partial charge in [0.25, 0.3) is 5.56 Å². The topological polar surface area (TPSA) is 67.4 Å². The summed E-state index contributed by atoms with van der Waals surface area (Å²) in [5.41, 5.74) is 1.87. The summed E-state index contributed by atoms with van der Waals surface area (Å²) < 4.78 is 15.7. The highest BCUT2D eigenvalue weighted by Gasteiger charge is 2.23. The lowest BCUT2D eigenvalue weighted by atomic mass is 10.2. The zero-order valence-corrected chi connectivity index (χ0v) is 16.5. The predicted molar refractivity (Wildman–Crippen MR) is 105 cm³/mol. The first-order valence-corrected chi connectivity index (χ1v) is 8.96. The van der Waals surface area contributed by atoms with Gasteiger partial charge in [-0.3, -0.25) is 13.9 Å². The Morgan fingerprint density at radius 2 is 1.74 bits per heavy atom. The van der Waals surface area contributed by atoms with Crippen LogP contribution >= 0.6 is 11.6 Å². The molecule has 1 aromatic carbocycles. The SMILES string of the molecule is CCn1c(COc2ccccc2Cl)c(COC)c2c1c(=O)n(C)c(=O)n2C. The highest BCUT2D eigenvalue weighted by molar-refractivity contribution is 6.32. The zero-order valence-electron chi connectivity index (χ0n) is 15.8. The number of benzene rings is 1. The molecule has 0 aliphatic heterocycles. The van der Waals surface area contributed by atoms with Crippen LogP contribution in [0.5, 0.6) is 5.75 Å². The fraction of sp³-hybridized carbons (Fsp3) is 0.368. The van der Waals surface area contributed by atoms with Crippen LogP contribution in [0.4, 0.5) is 0 Å². The fourth-order valence-electron chi connectivity index (χ4n) is 3.37. The smallest absolute Gasteiger partial charge is 0.331 e. The van der Waals surface area contributed by atoms with Gasteiger partial charge in [0.05, 0.1) is 22.8 Å². The third-order valence-corrected chi connectivity index (χ3v) is 4.99. The lowest BCUT2D eigenvalue weighted by Gasteiger charge is -2.12. The first-order chi connectivity index (χ1) is 12.9. The van der Waals surface area contributed by atoms with E-state index in [2.05, 4.69) is 0 Å². The van der Waals surface area contributed by atoms with Gasteiger partial charge in [-0.05, 0) is 19.1 Å². The van der Waals surface area contributed by atoms with E-state index in [0.29, 0.717) is 28.4 Å². The van der Waals surface area contributed by atoms with E-state index in [0.717, 1.165) is 15.8 Å². The molecular weight excluding hydrogens is 370 g/mol. The second kappa shape index (κ2) is 7.62. The summed E-state index contributed by atoms with van der Waals surface area (Å²) in [6.07, 6.45) is 0. The maximum atomic E-state index is 12.8. The lowest BCUT2D eigenvalue weighted by molar-refractivity contribution is 0.182. The van der Waals surface area contributed by atoms with Crippen molar-refractivity contribution in [2.24, 2.45) is 14.1 Å². The number of nitrogens with zero attached hydrogens (tertiary/aromatic N) is 3. The van der Waals surface area contributed by atoms with Crippen molar-refractivity contribution in [1.82, 2.24) is 13.7 Å². The van der Waals surface area contributed by atoms with Gasteiger partial charge in [-0.25, -0.2) is 4.79 Å². The van der Waals surface area contributed by atoms with Crippen molar-refractivity contribution in [2.75, 3.05) is 7.11 Å². The predicted octanol–water partition coefficient (Wildman–Crippen LogP) is 2.44. The maximum Gasteiger partial charge on any atom is 0.331 e. The summed E-state index contributed by atoms with van der Waals surface area (Å²) in [5, 5.41) is 0.508. The summed E-state index contributed by atoms with van der Waals surface area (Å²) in [6, 6.07) is 7.20.